The number of carbonyl (C=O) groups excluding carboxylic acids is 1. The zero-order valence-electron chi connectivity index (χ0n) is 13.1. The fourth-order valence-electron chi connectivity index (χ4n) is 2.34. The minimum Gasteiger partial charge on any atom is -0.492 e. The summed E-state index contributed by atoms with van der Waals surface area (Å²) in [6.07, 6.45) is 0. The van der Waals surface area contributed by atoms with Crippen LogP contribution in [0.5, 0.6) is 5.75 Å². The molecule has 2 aromatic carbocycles. The van der Waals surface area contributed by atoms with Gasteiger partial charge >= 0.3 is 0 Å². The summed E-state index contributed by atoms with van der Waals surface area (Å²) in [5, 5.41) is 12.7. The smallest absolute Gasteiger partial charge is 0.267 e. The maximum Gasteiger partial charge on any atom is 0.267 e. The molecule has 1 heterocycles. The molecule has 126 valence electrons. The minimum absolute atomic E-state index is 0.270. The van der Waals surface area contributed by atoms with E-state index >= 15 is 0 Å². The van der Waals surface area contributed by atoms with E-state index in [0.717, 1.165) is 11.3 Å². The van der Waals surface area contributed by atoms with Gasteiger partial charge in [-0.2, -0.15) is 5.26 Å². The number of thiophene rings is 1. The molecule has 3 aromatic rings. The number of carbonyl (C=O) groups is 1. The van der Waals surface area contributed by atoms with Gasteiger partial charge in [-0.1, -0.05) is 11.6 Å². The zero-order valence-corrected chi connectivity index (χ0v) is 14.7. The van der Waals surface area contributed by atoms with Crippen LogP contribution in [0.1, 0.15) is 22.2 Å². The van der Waals surface area contributed by atoms with Crippen LogP contribution in [0.4, 0.5) is 10.1 Å². The standard InChI is InChI=1S/C18H12ClFN2O2S/c1-2-24-14-6-3-10(9-21)7-13(14)22-18(23)17-16(19)12-5-4-11(20)8-15(12)25-17/h3-8H,2H2,1H3,(H,22,23). The Hall–Kier alpha value is -2.62. The summed E-state index contributed by atoms with van der Waals surface area (Å²) in [6.45, 7) is 2.24. The van der Waals surface area contributed by atoms with Gasteiger partial charge in [0.1, 0.15) is 16.4 Å². The van der Waals surface area contributed by atoms with Gasteiger partial charge in [0.25, 0.3) is 5.91 Å². The van der Waals surface area contributed by atoms with Crippen LogP contribution in [0.15, 0.2) is 36.4 Å². The summed E-state index contributed by atoms with van der Waals surface area (Å²) in [4.78, 5) is 12.9. The number of halogens is 2. The van der Waals surface area contributed by atoms with E-state index in [1.54, 1.807) is 18.2 Å². The molecule has 0 saturated carbocycles. The number of nitrogens with zero attached hydrogens (tertiary/aromatic N) is 1. The number of benzene rings is 2. The summed E-state index contributed by atoms with van der Waals surface area (Å²) in [5.74, 6) is -0.376. The zero-order chi connectivity index (χ0) is 18.0. The van der Waals surface area contributed by atoms with Gasteiger partial charge in [-0.3, -0.25) is 4.79 Å². The molecule has 1 N–H and O–H groups in total. The van der Waals surface area contributed by atoms with Crippen LogP contribution in [-0.2, 0) is 0 Å². The maximum atomic E-state index is 13.4. The molecule has 0 unspecified atom stereocenters. The lowest BCUT2D eigenvalue weighted by Crippen LogP contribution is -2.12. The van der Waals surface area contributed by atoms with E-state index in [2.05, 4.69) is 5.32 Å². The summed E-state index contributed by atoms with van der Waals surface area (Å²) in [5.41, 5.74) is 0.772. The van der Waals surface area contributed by atoms with E-state index < -0.39 is 11.7 Å². The Morgan fingerprint density at radius 2 is 2.16 bits per heavy atom. The highest BCUT2D eigenvalue weighted by atomic mass is 35.5. The average molecular weight is 375 g/mol. The third-order valence-electron chi connectivity index (χ3n) is 3.45. The first-order valence-electron chi connectivity index (χ1n) is 7.39. The number of nitrogens with one attached hydrogen (secondary N) is 1. The Morgan fingerprint density at radius 1 is 1.36 bits per heavy atom. The van der Waals surface area contributed by atoms with E-state index in [9.17, 15) is 9.18 Å². The lowest BCUT2D eigenvalue weighted by Gasteiger charge is -2.11. The summed E-state index contributed by atoms with van der Waals surface area (Å²) >= 11 is 7.38. The topological polar surface area (TPSA) is 62.1 Å². The molecular formula is C18H12ClFN2O2S. The van der Waals surface area contributed by atoms with Gasteiger partial charge in [-0.25, -0.2) is 4.39 Å². The van der Waals surface area contributed by atoms with Crippen LogP contribution < -0.4 is 10.1 Å². The van der Waals surface area contributed by atoms with Crippen LogP contribution in [-0.4, -0.2) is 12.5 Å². The number of ether oxygens (including phenoxy) is 1. The van der Waals surface area contributed by atoms with E-state index in [1.165, 1.54) is 18.2 Å². The average Bonchev–Trinajstić information content (AvgIpc) is 2.92. The SMILES string of the molecule is CCOc1ccc(C#N)cc1NC(=O)c1sc2cc(F)ccc2c1Cl. The molecule has 3 rings (SSSR count). The van der Waals surface area contributed by atoms with Gasteiger partial charge in [0.05, 0.1) is 28.9 Å². The Balaban J connectivity index is 1.98. The minimum atomic E-state index is -0.442. The molecule has 25 heavy (non-hydrogen) atoms. The predicted molar refractivity (Wildman–Crippen MR) is 97.1 cm³/mol. The molecule has 0 saturated heterocycles. The van der Waals surface area contributed by atoms with Crippen LogP contribution in [0.25, 0.3) is 10.1 Å². The Labute approximate surface area is 152 Å². The molecule has 0 aliphatic rings. The van der Waals surface area contributed by atoms with Gasteiger partial charge in [0.15, 0.2) is 0 Å². The van der Waals surface area contributed by atoms with Crippen molar-refractivity contribution in [2.45, 2.75) is 6.92 Å². The molecule has 1 amide bonds. The van der Waals surface area contributed by atoms with Crippen molar-refractivity contribution in [3.63, 3.8) is 0 Å². The first kappa shape index (κ1) is 17.2. The number of amides is 1. The number of nitriles is 1. The van der Waals surface area contributed by atoms with Gasteiger partial charge in [-0.05, 0) is 43.3 Å². The number of rotatable bonds is 4. The largest absolute Gasteiger partial charge is 0.492 e. The normalized spacial score (nSPS) is 10.5. The molecule has 0 atom stereocenters. The molecule has 0 spiro atoms. The maximum absolute atomic E-state index is 13.4. The second kappa shape index (κ2) is 7.09. The van der Waals surface area contributed by atoms with Crippen molar-refractivity contribution in [1.82, 2.24) is 0 Å². The van der Waals surface area contributed by atoms with Crippen molar-refractivity contribution in [3.05, 3.63) is 57.7 Å². The highest BCUT2D eigenvalue weighted by Crippen LogP contribution is 2.36. The molecule has 1 aromatic heterocycles. The second-order valence-electron chi connectivity index (χ2n) is 5.10. The van der Waals surface area contributed by atoms with Crippen molar-refractivity contribution in [3.8, 4) is 11.8 Å². The Kier molecular flexibility index (Phi) is 4.88. The van der Waals surface area contributed by atoms with E-state index in [-0.39, 0.29) is 9.90 Å². The first-order valence-corrected chi connectivity index (χ1v) is 8.58. The van der Waals surface area contributed by atoms with Gasteiger partial charge in [-0.15, -0.1) is 11.3 Å². The fraction of sp³-hybridized carbons (Fsp3) is 0.111. The van der Waals surface area contributed by atoms with Gasteiger partial charge in [0.2, 0.25) is 0 Å². The van der Waals surface area contributed by atoms with Crippen molar-refractivity contribution in [1.29, 1.82) is 5.26 Å². The molecule has 0 aliphatic heterocycles. The van der Waals surface area contributed by atoms with Crippen LogP contribution >= 0.6 is 22.9 Å². The highest BCUT2D eigenvalue weighted by Gasteiger charge is 2.19. The molecule has 0 bridgehead atoms. The van der Waals surface area contributed by atoms with Crippen molar-refractivity contribution in [2.24, 2.45) is 0 Å². The van der Waals surface area contributed by atoms with Gasteiger partial charge in [0, 0.05) is 10.1 Å². The van der Waals surface area contributed by atoms with Crippen molar-refractivity contribution in [2.75, 3.05) is 11.9 Å². The van der Waals surface area contributed by atoms with Crippen molar-refractivity contribution < 1.29 is 13.9 Å². The third-order valence-corrected chi connectivity index (χ3v) is 5.11. The lowest BCUT2D eigenvalue weighted by molar-refractivity contribution is 0.103. The summed E-state index contributed by atoms with van der Waals surface area (Å²) in [7, 11) is 0. The lowest BCUT2D eigenvalue weighted by atomic mass is 10.2. The predicted octanol–water partition coefficient (Wildman–Crippen LogP) is 5.22. The summed E-state index contributed by atoms with van der Waals surface area (Å²) in [6, 6.07) is 11.0. The number of anilines is 1. The van der Waals surface area contributed by atoms with Crippen LogP contribution in [0.3, 0.4) is 0 Å². The number of hydrogen-bond donors (Lipinski definition) is 1. The van der Waals surface area contributed by atoms with E-state index in [0.29, 0.717) is 33.7 Å². The molecule has 4 nitrogen and oxygen atoms in total. The third kappa shape index (κ3) is 3.43. The monoisotopic (exact) mass is 374 g/mol. The van der Waals surface area contributed by atoms with E-state index in [4.69, 9.17) is 21.6 Å². The van der Waals surface area contributed by atoms with E-state index in [1.807, 2.05) is 13.0 Å². The number of fused-ring (bicyclic) bond motifs is 1. The van der Waals surface area contributed by atoms with Crippen LogP contribution in [0.2, 0.25) is 5.02 Å². The summed E-state index contributed by atoms with van der Waals surface area (Å²) < 4.78 is 19.4. The first-order chi connectivity index (χ1) is 12.0. The van der Waals surface area contributed by atoms with Crippen molar-refractivity contribution >= 4 is 44.6 Å². The quantitative estimate of drug-likeness (QED) is 0.681. The van der Waals surface area contributed by atoms with Crippen LogP contribution in [0, 0.1) is 17.1 Å². The molecule has 7 heteroatoms. The highest BCUT2D eigenvalue weighted by molar-refractivity contribution is 7.21. The Bertz CT molecular complexity index is 1010. The number of hydrogen-bond acceptors (Lipinski definition) is 4. The Morgan fingerprint density at radius 3 is 2.88 bits per heavy atom. The van der Waals surface area contributed by atoms with Gasteiger partial charge < -0.3 is 10.1 Å². The molecular weight excluding hydrogens is 363 g/mol. The fourth-order valence-corrected chi connectivity index (χ4v) is 3.78. The molecule has 0 aliphatic carbocycles. The molecule has 0 fully saturated rings. The molecule has 0 radical (unpaired) electrons. The second-order valence-corrected chi connectivity index (χ2v) is 6.53.